The number of allylic oxidation sites excluding steroid dienone is 1. The molecule has 4 nitrogen and oxygen atoms in total. The van der Waals surface area contributed by atoms with Crippen molar-refractivity contribution >= 4 is 5.97 Å². The lowest BCUT2D eigenvalue weighted by molar-refractivity contribution is -0.137. The van der Waals surface area contributed by atoms with Gasteiger partial charge in [-0.1, -0.05) is 18.8 Å². The van der Waals surface area contributed by atoms with Crippen molar-refractivity contribution in [3.05, 3.63) is 11.8 Å². The Kier molecular flexibility index (Phi) is 7.91. The molecule has 0 aromatic heterocycles. The number of esters is 1. The van der Waals surface area contributed by atoms with Crippen LogP contribution in [0.25, 0.3) is 0 Å². The molecule has 17 heavy (non-hydrogen) atoms. The zero-order valence-electron chi connectivity index (χ0n) is 10.8. The lowest BCUT2D eigenvalue weighted by Gasteiger charge is -2.12. The molecule has 0 saturated carbocycles. The first-order chi connectivity index (χ1) is 7.99. The summed E-state index contributed by atoms with van der Waals surface area (Å²) in [5.74, 6) is 5.43. The van der Waals surface area contributed by atoms with Crippen LogP contribution >= 0.6 is 0 Å². The van der Waals surface area contributed by atoms with Crippen LogP contribution in [0.4, 0.5) is 0 Å². The fraction of sp³-hybridized carbons (Fsp3) is 0.615. The van der Waals surface area contributed by atoms with Crippen LogP contribution in [0, 0.1) is 11.8 Å². The summed E-state index contributed by atoms with van der Waals surface area (Å²) in [6, 6.07) is 0. The monoisotopic (exact) mass is 240 g/mol. The van der Waals surface area contributed by atoms with Crippen molar-refractivity contribution in [3.8, 4) is 11.8 Å². The summed E-state index contributed by atoms with van der Waals surface area (Å²) in [5.41, 5.74) is 0. The number of rotatable bonds is 5. The zero-order chi connectivity index (χ0) is 13.3. The van der Waals surface area contributed by atoms with E-state index < -0.39 is 12.1 Å². The average Bonchev–Trinajstić information content (AvgIpc) is 2.24. The summed E-state index contributed by atoms with van der Waals surface area (Å²) in [7, 11) is 0. The van der Waals surface area contributed by atoms with Crippen LogP contribution in [-0.2, 0) is 14.3 Å². The third kappa shape index (κ3) is 8.35. The molecule has 0 aromatic rings. The maximum Gasteiger partial charge on any atom is 0.334 e. The van der Waals surface area contributed by atoms with Gasteiger partial charge in [-0.15, -0.1) is 0 Å². The lowest BCUT2D eigenvalue weighted by atomic mass is 10.2. The van der Waals surface area contributed by atoms with Gasteiger partial charge in [0.25, 0.3) is 0 Å². The molecule has 0 heterocycles. The van der Waals surface area contributed by atoms with E-state index in [2.05, 4.69) is 11.8 Å². The quantitative estimate of drug-likeness (QED) is 0.343. The second kappa shape index (κ2) is 8.66. The second-order valence-electron chi connectivity index (χ2n) is 3.49. The van der Waals surface area contributed by atoms with Gasteiger partial charge in [0.05, 0.1) is 12.7 Å². The summed E-state index contributed by atoms with van der Waals surface area (Å²) < 4.78 is 10.2. The van der Waals surface area contributed by atoms with Crippen molar-refractivity contribution in [3.63, 3.8) is 0 Å². The van der Waals surface area contributed by atoms with Crippen molar-refractivity contribution in [2.45, 2.75) is 46.3 Å². The van der Waals surface area contributed by atoms with Crippen molar-refractivity contribution in [1.29, 1.82) is 0 Å². The Morgan fingerprint density at radius 1 is 1.41 bits per heavy atom. The van der Waals surface area contributed by atoms with Gasteiger partial charge in [-0.25, -0.2) is 4.79 Å². The first-order valence-corrected chi connectivity index (χ1v) is 5.70. The van der Waals surface area contributed by atoms with Crippen LogP contribution in [0.5, 0.6) is 0 Å². The van der Waals surface area contributed by atoms with Gasteiger partial charge in [-0.05, 0) is 27.2 Å². The van der Waals surface area contributed by atoms with E-state index in [0.29, 0.717) is 18.8 Å². The Morgan fingerprint density at radius 2 is 2.06 bits per heavy atom. The number of carbonyl (C=O) groups is 1. The summed E-state index contributed by atoms with van der Waals surface area (Å²) >= 11 is 0. The second-order valence-corrected chi connectivity index (χ2v) is 3.49. The summed E-state index contributed by atoms with van der Waals surface area (Å²) in [6.07, 6.45) is 0.960. The van der Waals surface area contributed by atoms with E-state index in [1.54, 1.807) is 20.8 Å². The van der Waals surface area contributed by atoms with Gasteiger partial charge in [-0.3, -0.25) is 0 Å². The Hall–Kier alpha value is -1.47. The van der Waals surface area contributed by atoms with Crippen LogP contribution in [0.1, 0.15) is 34.1 Å². The van der Waals surface area contributed by atoms with E-state index in [0.717, 1.165) is 0 Å². The summed E-state index contributed by atoms with van der Waals surface area (Å²) in [6.45, 7) is 7.25. The third-order valence-electron chi connectivity index (χ3n) is 1.76. The number of hydrogen-bond acceptors (Lipinski definition) is 4. The first-order valence-electron chi connectivity index (χ1n) is 5.70. The fourth-order valence-corrected chi connectivity index (χ4v) is 1.04. The molecule has 0 rings (SSSR count). The van der Waals surface area contributed by atoms with E-state index in [4.69, 9.17) is 14.6 Å². The fourth-order valence-electron chi connectivity index (χ4n) is 1.04. The number of aliphatic hydroxyl groups excluding tert-OH is 1. The van der Waals surface area contributed by atoms with E-state index >= 15 is 0 Å². The molecule has 96 valence electrons. The normalized spacial score (nSPS) is 14.3. The van der Waals surface area contributed by atoms with Gasteiger partial charge in [-0.2, -0.15) is 0 Å². The molecule has 4 heteroatoms. The van der Waals surface area contributed by atoms with Crippen molar-refractivity contribution in [1.82, 2.24) is 0 Å². The van der Waals surface area contributed by atoms with Crippen LogP contribution < -0.4 is 0 Å². The number of aliphatic hydroxyl groups is 1. The predicted molar refractivity (Wildman–Crippen MR) is 65.0 cm³/mol. The van der Waals surface area contributed by atoms with E-state index in [1.165, 1.54) is 6.08 Å². The average molecular weight is 240 g/mol. The van der Waals surface area contributed by atoms with Crippen LogP contribution in [-0.4, -0.2) is 29.9 Å². The van der Waals surface area contributed by atoms with E-state index in [-0.39, 0.29) is 6.10 Å². The number of carbonyl (C=O) groups excluding carboxylic acids is 1. The third-order valence-corrected chi connectivity index (χ3v) is 1.76. The van der Waals surface area contributed by atoms with E-state index in [1.807, 2.05) is 6.92 Å². The molecular weight excluding hydrogens is 220 g/mol. The van der Waals surface area contributed by atoms with Gasteiger partial charge in [0.2, 0.25) is 0 Å². The maximum atomic E-state index is 11.1. The molecule has 1 N–H and O–H groups in total. The highest BCUT2D eigenvalue weighted by Crippen LogP contribution is 2.05. The van der Waals surface area contributed by atoms with Gasteiger partial charge in [0.1, 0.15) is 11.9 Å². The largest absolute Gasteiger partial charge is 0.482 e. The number of hydrogen-bond donors (Lipinski definition) is 1. The molecule has 2 atom stereocenters. The van der Waals surface area contributed by atoms with Crippen LogP contribution in [0.15, 0.2) is 11.8 Å². The molecule has 0 spiro atoms. The molecule has 0 saturated heterocycles. The molecule has 0 aliphatic rings. The Morgan fingerprint density at radius 3 is 2.53 bits per heavy atom. The van der Waals surface area contributed by atoms with E-state index in [9.17, 15) is 4.79 Å². The molecule has 0 aromatic carbocycles. The molecule has 0 amide bonds. The standard InChI is InChI=1S/C13H20O4/c1-5-12(8-7-10(3)14)17-11(4)9-13(15)16-6-2/h9-10,12,14H,5-6H2,1-4H3/b11-9+. The minimum Gasteiger partial charge on any atom is -0.482 e. The molecule has 0 fully saturated rings. The topological polar surface area (TPSA) is 55.8 Å². The highest BCUT2D eigenvalue weighted by Gasteiger charge is 2.05. The molecular formula is C13H20O4. The zero-order valence-corrected chi connectivity index (χ0v) is 10.8. The first kappa shape index (κ1) is 15.5. The SMILES string of the molecule is CCOC(=O)/C=C(\C)OC(C#CC(C)O)CC. The van der Waals surface area contributed by atoms with Crippen LogP contribution in [0.3, 0.4) is 0 Å². The van der Waals surface area contributed by atoms with Gasteiger partial charge in [0, 0.05) is 0 Å². The Balaban J connectivity index is 4.39. The summed E-state index contributed by atoms with van der Waals surface area (Å²) in [5, 5.41) is 9.03. The molecule has 0 aliphatic carbocycles. The Labute approximate surface area is 103 Å². The Bertz CT molecular complexity index is 320. The molecule has 0 radical (unpaired) electrons. The highest BCUT2D eigenvalue weighted by molar-refractivity contribution is 5.82. The number of ether oxygens (including phenoxy) is 2. The minimum absolute atomic E-state index is 0.324. The molecule has 2 unspecified atom stereocenters. The van der Waals surface area contributed by atoms with Crippen LogP contribution in [0.2, 0.25) is 0 Å². The highest BCUT2D eigenvalue weighted by atomic mass is 16.5. The predicted octanol–water partition coefficient (Wildman–Crippen LogP) is 1.63. The molecule has 0 aliphatic heterocycles. The van der Waals surface area contributed by atoms with Crippen molar-refractivity contribution in [2.24, 2.45) is 0 Å². The van der Waals surface area contributed by atoms with Gasteiger partial charge >= 0.3 is 5.97 Å². The van der Waals surface area contributed by atoms with Gasteiger partial charge < -0.3 is 14.6 Å². The molecule has 0 bridgehead atoms. The van der Waals surface area contributed by atoms with Crippen molar-refractivity contribution < 1.29 is 19.4 Å². The maximum absolute atomic E-state index is 11.1. The lowest BCUT2D eigenvalue weighted by Crippen LogP contribution is -2.10. The summed E-state index contributed by atoms with van der Waals surface area (Å²) in [4.78, 5) is 11.1. The van der Waals surface area contributed by atoms with Gasteiger partial charge in [0.15, 0.2) is 6.10 Å². The van der Waals surface area contributed by atoms with Crippen molar-refractivity contribution in [2.75, 3.05) is 6.61 Å². The smallest absolute Gasteiger partial charge is 0.334 e. The minimum atomic E-state index is -0.679.